The molecule has 1 aliphatic heterocycles. The Morgan fingerprint density at radius 3 is 2.21 bits per heavy atom. The van der Waals surface area contributed by atoms with E-state index in [2.05, 4.69) is 5.32 Å². The first-order chi connectivity index (χ1) is 15.7. The fourth-order valence-electron chi connectivity index (χ4n) is 3.95. The van der Waals surface area contributed by atoms with Gasteiger partial charge in [0.2, 0.25) is 5.91 Å². The van der Waals surface area contributed by atoms with Gasteiger partial charge in [-0.1, -0.05) is 35.9 Å². The highest BCUT2D eigenvalue weighted by molar-refractivity contribution is 6.16. The monoisotopic (exact) mass is 447 g/mol. The van der Waals surface area contributed by atoms with Crippen molar-refractivity contribution < 1.29 is 14.4 Å². The quantitative estimate of drug-likeness (QED) is 0.608. The maximum atomic E-state index is 13.0. The van der Waals surface area contributed by atoms with Gasteiger partial charge in [-0.2, -0.15) is 0 Å². The minimum absolute atomic E-state index is 0.105. The molecule has 4 amide bonds. The summed E-state index contributed by atoms with van der Waals surface area (Å²) in [4.78, 5) is 53.8. The van der Waals surface area contributed by atoms with Crippen molar-refractivity contribution in [1.82, 2.24) is 14.3 Å². The Morgan fingerprint density at radius 2 is 1.58 bits per heavy atom. The first kappa shape index (κ1) is 22.1. The molecule has 0 spiro atoms. The lowest BCUT2D eigenvalue weighted by atomic mass is 10.2. The van der Waals surface area contributed by atoms with Gasteiger partial charge in [-0.15, -0.1) is 0 Å². The Balaban J connectivity index is 1.55. The Kier molecular flexibility index (Phi) is 5.63. The molecule has 4 rings (SSSR count). The van der Waals surface area contributed by atoms with Gasteiger partial charge in [0.25, 0.3) is 11.5 Å². The minimum Gasteiger partial charge on any atom is -0.318 e. The summed E-state index contributed by atoms with van der Waals surface area (Å²) in [6, 6.07) is 15.0. The van der Waals surface area contributed by atoms with Gasteiger partial charge >= 0.3 is 6.03 Å². The minimum atomic E-state index is -0.734. The zero-order valence-corrected chi connectivity index (χ0v) is 18.9. The van der Waals surface area contributed by atoms with Crippen LogP contribution in [0.2, 0.25) is 0 Å². The molecule has 33 heavy (non-hydrogen) atoms. The molecule has 0 bridgehead atoms. The third-order valence-electron chi connectivity index (χ3n) is 5.88. The van der Waals surface area contributed by atoms with Crippen LogP contribution in [0.3, 0.4) is 0 Å². The van der Waals surface area contributed by atoms with Crippen LogP contribution in [-0.2, 0) is 16.6 Å². The van der Waals surface area contributed by atoms with Gasteiger partial charge in [-0.3, -0.25) is 28.9 Å². The standard InChI is InChI=1S/C24H25N5O4/c1-15-10-12-18(13-11-15)28-17(3)22(31)27(24(28)33)14-20(30)25-21-16(2)26(4)29(23(21)32)19-8-6-5-7-9-19/h5-13,17H,14H2,1-4H3,(H,25,30). The van der Waals surface area contributed by atoms with Gasteiger partial charge in [0, 0.05) is 12.7 Å². The summed E-state index contributed by atoms with van der Waals surface area (Å²) < 4.78 is 3.08. The van der Waals surface area contributed by atoms with Gasteiger partial charge in [0.1, 0.15) is 18.3 Å². The number of hydrogen-bond acceptors (Lipinski definition) is 4. The van der Waals surface area contributed by atoms with E-state index in [0.29, 0.717) is 17.1 Å². The molecule has 0 radical (unpaired) electrons. The number of benzene rings is 2. The molecule has 0 aliphatic carbocycles. The molecule has 2 aromatic carbocycles. The molecule has 1 saturated heterocycles. The predicted molar refractivity (Wildman–Crippen MR) is 125 cm³/mol. The van der Waals surface area contributed by atoms with E-state index in [-0.39, 0.29) is 5.69 Å². The molecule has 9 heteroatoms. The van der Waals surface area contributed by atoms with Crippen LogP contribution in [0.1, 0.15) is 18.2 Å². The fourth-order valence-corrected chi connectivity index (χ4v) is 3.95. The highest BCUT2D eigenvalue weighted by Gasteiger charge is 2.44. The molecule has 1 aliphatic rings. The molecule has 170 valence electrons. The van der Waals surface area contributed by atoms with E-state index in [1.54, 1.807) is 49.8 Å². The van der Waals surface area contributed by atoms with Crippen molar-refractivity contribution in [2.45, 2.75) is 26.8 Å². The van der Waals surface area contributed by atoms with Crippen molar-refractivity contribution in [1.29, 1.82) is 0 Å². The third-order valence-corrected chi connectivity index (χ3v) is 5.88. The number of imide groups is 1. The topological polar surface area (TPSA) is 96.7 Å². The van der Waals surface area contributed by atoms with Crippen LogP contribution in [0, 0.1) is 13.8 Å². The lowest BCUT2D eigenvalue weighted by molar-refractivity contribution is -0.130. The van der Waals surface area contributed by atoms with Crippen LogP contribution in [-0.4, -0.2) is 44.7 Å². The summed E-state index contributed by atoms with van der Waals surface area (Å²) in [5.41, 5.74) is 2.52. The summed E-state index contributed by atoms with van der Waals surface area (Å²) in [7, 11) is 1.72. The number of urea groups is 1. The van der Waals surface area contributed by atoms with Gasteiger partial charge < -0.3 is 5.32 Å². The van der Waals surface area contributed by atoms with Crippen LogP contribution >= 0.6 is 0 Å². The van der Waals surface area contributed by atoms with Crippen LogP contribution < -0.4 is 15.8 Å². The molecule has 2 heterocycles. The summed E-state index contributed by atoms with van der Waals surface area (Å²) in [6.45, 7) is 4.78. The van der Waals surface area contributed by atoms with Crippen molar-refractivity contribution in [3.05, 3.63) is 76.2 Å². The summed E-state index contributed by atoms with van der Waals surface area (Å²) in [5.74, 6) is -1.09. The molecular weight excluding hydrogens is 422 g/mol. The number of carbonyl (C=O) groups is 3. The lowest BCUT2D eigenvalue weighted by Crippen LogP contribution is -2.39. The number of anilines is 2. The number of rotatable bonds is 5. The number of para-hydroxylation sites is 1. The van der Waals surface area contributed by atoms with E-state index >= 15 is 0 Å². The summed E-state index contributed by atoms with van der Waals surface area (Å²) in [5, 5.41) is 2.60. The number of nitrogens with zero attached hydrogens (tertiary/aromatic N) is 4. The van der Waals surface area contributed by atoms with E-state index in [1.165, 1.54) is 9.58 Å². The number of carbonyl (C=O) groups excluding carboxylic acids is 3. The van der Waals surface area contributed by atoms with Crippen molar-refractivity contribution in [2.24, 2.45) is 7.05 Å². The van der Waals surface area contributed by atoms with Crippen LogP contribution in [0.4, 0.5) is 16.2 Å². The molecule has 1 atom stereocenters. The van der Waals surface area contributed by atoms with E-state index in [0.717, 1.165) is 10.5 Å². The highest BCUT2D eigenvalue weighted by Crippen LogP contribution is 2.26. The van der Waals surface area contributed by atoms with Crippen molar-refractivity contribution in [3.8, 4) is 5.69 Å². The lowest BCUT2D eigenvalue weighted by Gasteiger charge is -2.19. The second-order valence-electron chi connectivity index (χ2n) is 8.07. The highest BCUT2D eigenvalue weighted by atomic mass is 16.2. The third kappa shape index (κ3) is 3.82. The van der Waals surface area contributed by atoms with Gasteiger partial charge in [-0.05, 0) is 45.0 Å². The van der Waals surface area contributed by atoms with Crippen LogP contribution in [0.15, 0.2) is 59.4 Å². The van der Waals surface area contributed by atoms with E-state index < -0.39 is 36.0 Å². The number of aryl methyl sites for hydroxylation is 1. The Labute approximate surface area is 190 Å². The maximum Gasteiger partial charge on any atom is 0.332 e. The van der Waals surface area contributed by atoms with Crippen molar-refractivity contribution in [3.63, 3.8) is 0 Å². The molecule has 1 unspecified atom stereocenters. The molecule has 3 aromatic rings. The zero-order valence-electron chi connectivity index (χ0n) is 18.9. The number of aromatic nitrogens is 2. The first-order valence-corrected chi connectivity index (χ1v) is 10.6. The SMILES string of the molecule is Cc1ccc(N2C(=O)N(CC(=O)Nc3c(C)n(C)n(-c4ccccc4)c3=O)C(=O)C2C)cc1. The molecular formula is C24H25N5O4. The molecule has 1 N–H and O–H groups in total. The molecule has 1 aromatic heterocycles. The zero-order chi connectivity index (χ0) is 23.9. The van der Waals surface area contributed by atoms with Gasteiger partial charge in [0.15, 0.2) is 0 Å². The van der Waals surface area contributed by atoms with Gasteiger partial charge in [0.05, 0.1) is 11.4 Å². The first-order valence-electron chi connectivity index (χ1n) is 10.6. The van der Waals surface area contributed by atoms with Gasteiger partial charge in [-0.25, -0.2) is 9.48 Å². The fraction of sp³-hybridized carbons (Fsp3) is 0.250. The smallest absolute Gasteiger partial charge is 0.318 e. The van der Waals surface area contributed by atoms with Crippen LogP contribution in [0.5, 0.6) is 0 Å². The second kappa shape index (κ2) is 8.42. The normalized spacial score (nSPS) is 15.9. The number of nitrogens with one attached hydrogen (secondary N) is 1. The van der Waals surface area contributed by atoms with E-state index in [1.807, 2.05) is 37.3 Å². The van der Waals surface area contributed by atoms with Crippen molar-refractivity contribution >= 4 is 29.2 Å². The predicted octanol–water partition coefficient (Wildman–Crippen LogP) is 2.59. The van der Waals surface area contributed by atoms with Crippen LogP contribution in [0.25, 0.3) is 5.69 Å². The molecule has 0 saturated carbocycles. The molecule has 9 nitrogen and oxygen atoms in total. The average molecular weight is 447 g/mol. The second-order valence-corrected chi connectivity index (χ2v) is 8.07. The summed E-state index contributed by atoms with van der Waals surface area (Å²) in [6.07, 6.45) is 0. The maximum absolute atomic E-state index is 13.0. The Morgan fingerprint density at radius 1 is 0.939 bits per heavy atom. The summed E-state index contributed by atoms with van der Waals surface area (Å²) >= 11 is 0. The number of amides is 4. The average Bonchev–Trinajstić information content (AvgIpc) is 3.14. The number of hydrogen-bond donors (Lipinski definition) is 1. The molecule has 1 fully saturated rings. The Hall–Kier alpha value is -4.14. The van der Waals surface area contributed by atoms with E-state index in [4.69, 9.17) is 0 Å². The Bertz CT molecular complexity index is 1290. The van der Waals surface area contributed by atoms with Crippen molar-refractivity contribution in [2.75, 3.05) is 16.8 Å². The largest absolute Gasteiger partial charge is 0.332 e. The van der Waals surface area contributed by atoms with E-state index in [9.17, 15) is 19.2 Å².